The summed E-state index contributed by atoms with van der Waals surface area (Å²) in [5.41, 5.74) is 0. The van der Waals surface area contributed by atoms with Crippen LogP contribution >= 0.6 is 0 Å². The molecule has 0 heterocycles. The molecule has 0 spiro atoms. The molecule has 30 heavy (non-hydrogen) atoms. The number of aliphatic hydroxyl groups is 1. The summed E-state index contributed by atoms with van der Waals surface area (Å²) < 4.78 is 71.6. The number of nitrogens with zero attached hydrogens (tertiary/aromatic N) is 1. The molecule has 2 aromatic rings. The number of ether oxygens (including phenoxy) is 2. The summed E-state index contributed by atoms with van der Waals surface area (Å²) in [6.45, 7) is -0.463. The van der Waals surface area contributed by atoms with E-state index >= 15 is 0 Å². The van der Waals surface area contributed by atoms with Crippen molar-refractivity contribution in [3.8, 4) is 17.2 Å². The van der Waals surface area contributed by atoms with E-state index in [1.54, 1.807) is 0 Å². The number of aliphatic hydroxyl groups excluding tert-OH is 1. The van der Waals surface area contributed by atoms with E-state index in [4.69, 9.17) is 9.84 Å². The molecule has 1 unspecified atom stereocenters. The highest BCUT2D eigenvalue weighted by molar-refractivity contribution is 7.91. The van der Waals surface area contributed by atoms with E-state index in [2.05, 4.69) is 4.74 Å². The Morgan fingerprint density at radius 3 is 2.23 bits per heavy atom. The predicted octanol–water partition coefficient (Wildman–Crippen LogP) is 2.75. The van der Waals surface area contributed by atoms with Gasteiger partial charge in [0.2, 0.25) is 6.41 Å². The van der Waals surface area contributed by atoms with E-state index in [1.165, 1.54) is 36.4 Å². The highest BCUT2D eigenvalue weighted by Crippen LogP contribution is 2.32. The lowest BCUT2D eigenvalue weighted by atomic mass is 10.2. The Kier molecular flexibility index (Phi) is 7.65. The van der Waals surface area contributed by atoms with Crippen molar-refractivity contribution in [1.29, 1.82) is 0 Å². The lowest BCUT2D eigenvalue weighted by molar-refractivity contribution is -0.274. The summed E-state index contributed by atoms with van der Waals surface area (Å²) >= 11 is 0. The van der Waals surface area contributed by atoms with Gasteiger partial charge in [0, 0.05) is 6.61 Å². The van der Waals surface area contributed by atoms with Crippen LogP contribution in [0, 0.1) is 0 Å². The van der Waals surface area contributed by atoms with E-state index in [0.29, 0.717) is 0 Å². The zero-order valence-corrected chi connectivity index (χ0v) is 16.1. The minimum atomic E-state index is -4.85. The zero-order valence-electron chi connectivity index (χ0n) is 15.3. The van der Waals surface area contributed by atoms with Crippen molar-refractivity contribution < 1.29 is 46.2 Å². The highest BCUT2D eigenvalue weighted by Gasteiger charge is 2.31. The maximum atomic E-state index is 12.8. The third kappa shape index (κ3) is 6.61. The quantitative estimate of drug-likeness (QED) is 0.326. The smallest absolute Gasteiger partial charge is 0.456 e. The summed E-state index contributed by atoms with van der Waals surface area (Å²) in [5, 5.41) is 18.7. The summed E-state index contributed by atoms with van der Waals surface area (Å²) in [6, 6.07) is 8.65. The topological polar surface area (TPSA) is 113 Å². The summed E-state index contributed by atoms with van der Waals surface area (Å²) in [5.74, 6) is -1.22. The van der Waals surface area contributed by atoms with Crippen LogP contribution in [0.15, 0.2) is 53.4 Å². The summed E-state index contributed by atoms with van der Waals surface area (Å²) in [4.78, 5) is 10.5. The first kappa shape index (κ1) is 23.4. The number of halogens is 3. The van der Waals surface area contributed by atoms with Crippen LogP contribution < -0.4 is 9.47 Å². The molecule has 0 aromatic heterocycles. The van der Waals surface area contributed by atoms with E-state index in [9.17, 15) is 31.6 Å². The molecule has 2 rings (SSSR count). The molecule has 2 N–H and O–H groups in total. The number of carbonyl (C=O) groups is 1. The average molecular weight is 449 g/mol. The van der Waals surface area contributed by atoms with Gasteiger partial charge in [-0.15, -0.1) is 13.2 Å². The van der Waals surface area contributed by atoms with Crippen LogP contribution in [-0.2, 0) is 14.6 Å². The molecule has 0 radical (unpaired) electrons. The Bertz CT molecular complexity index is 949. The predicted molar refractivity (Wildman–Crippen MR) is 96.9 cm³/mol. The molecule has 1 atom stereocenters. The average Bonchev–Trinajstić information content (AvgIpc) is 2.67. The molecule has 0 aliphatic carbocycles. The molecule has 1 amide bonds. The highest BCUT2D eigenvalue weighted by atomic mass is 32.2. The lowest BCUT2D eigenvalue weighted by Gasteiger charge is -2.22. The van der Waals surface area contributed by atoms with Gasteiger partial charge >= 0.3 is 6.36 Å². The Morgan fingerprint density at radius 2 is 1.67 bits per heavy atom. The van der Waals surface area contributed by atoms with E-state index in [1.807, 2.05) is 0 Å². The van der Waals surface area contributed by atoms with Gasteiger partial charge in [-0.05, 0) is 42.8 Å². The molecule has 164 valence electrons. The van der Waals surface area contributed by atoms with Gasteiger partial charge in [-0.1, -0.05) is 12.1 Å². The van der Waals surface area contributed by atoms with Crippen molar-refractivity contribution in [2.75, 3.05) is 12.4 Å². The SMILES string of the molecule is O=CN(O)C(CCO)CS(=O)(=O)c1ccccc1Oc1ccc(OC(F)(F)F)cc1. The Labute approximate surface area is 169 Å². The number of amides is 1. The Morgan fingerprint density at radius 1 is 1.07 bits per heavy atom. The van der Waals surface area contributed by atoms with Crippen LogP contribution in [-0.4, -0.2) is 55.0 Å². The fourth-order valence-corrected chi connectivity index (χ4v) is 4.21. The number of sulfone groups is 1. The second kappa shape index (κ2) is 9.78. The van der Waals surface area contributed by atoms with E-state index in [0.717, 1.165) is 12.1 Å². The van der Waals surface area contributed by atoms with Gasteiger partial charge in [-0.3, -0.25) is 10.0 Å². The Hall–Kier alpha value is -2.83. The number of hydrogen-bond donors (Lipinski definition) is 2. The fraction of sp³-hybridized carbons (Fsp3) is 0.278. The van der Waals surface area contributed by atoms with E-state index < -0.39 is 40.4 Å². The van der Waals surface area contributed by atoms with Crippen LogP contribution in [0.4, 0.5) is 13.2 Å². The maximum Gasteiger partial charge on any atom is 0.573 e. The van der Waals surface area contributed by atoms with Crippen molar-refractivity contribution in [2.24, 2.45) is 0 Å². The van der Waals surface area contributed by atoms with Gasteiger partial charge in [0.1, 0.15) is 22.1 Å². The van der Waals surface area contributed by atoms with Crippen molar-refractivity contribution in [1.82, 2.24) is 5.06 Å². The van der Waals surface area contributed by atoms with Gasteiger partial charge in [0.05, 0.1) is 11.8 Å². The molecule has 0 aliphatic rings. The van der Waals surface area contributed by atoms with Crippen LogP contribution in [0.25, 0.3) is 0 Å². The normalized spacial score (nSPS) is 12.8. The van der Waals surface area contributed by atoms with Crippen LogP contribution in [0.2, 0.25) is 0 Å². The summed E-state index contributed by atoms with van der Waals surface area (Å²) in [6.07, 6.45) is -5.00. The third-order valence-electron chi connectivity index (χ3n) is 3.83. The maximum absolute atomic E-state index is 12.8. The number of hydroxylamine groups is 2. The first-order valence-electron chi connectivity index (χ1n) is 8.44. The number of hydrogen-bond acceptors (Lipinski definition) is 7. The van der Waals surface area contributed by atoms with Gasteiger partial charge < -0.3 is 14.6 Å². The summed E-state index contributed by atoms with van der Waals surface area (Å²) in [7, 11) is -4.09. The molecule has 0 saturated heterocycles. The van der Waals surface area contributed by atoms with Crippen molar-refractivity contribution in [3.63, 3.8) is 0 Å². The largest absolute Gasteiger partial charge is 0.573 e. The number of rotatable bonds is 10. The molecule has 0 bridgehead atoms. The van der Waals surface area contributed by atoms with Crippen molar-refractivity contribution in [3.05, 3.63) is 48.5 Å². The monoisotopic (exact) mass is 449 g/mol. The minimum Gasteiger partial charge on any atom is -0.456 e. The standard InChI is InChI=1S/C18H18F3NO7S/c19-18(20,21)29-15-7-5-14(6-8-15)28-16-3-1-2-4-17(16)30(26,27)11-13(9-10-23)22(25)12-24/h1-8,12-13,23,25H,9-11H2. The van der Waals surface area contributed by atoms with Gasteiger partial charge in [-0.2, -0.15) is 0 Å². The van der Waals surface area contributed by atoms with Gasteiger partial charge in [-0.25, -0.2) is 13.5 Å². The first-order chi connectivity index (χ1) is 14.1. The molecule has 2 aromatic carbocycles. The number of alkyl halides is 3. The number of carbonyl (C=O) groups excluding carboxylic acids is 1. The van der Waals surface area contributed by atoms with Crippen LogP contribution in [0.3, 0.4) is 0 Å². The fourth-order valence-electron chi connectivity index (χ4n) is 2.50. The second-order valence-electron chi connectivity index (χ2n) is 6.00. The second-order valence-corrected chi connectivity index (χ2v) is 8.00. The Balaban J connectivity index is 2.25. The third-order valence-corrected chi connectivity index (χ3v) is 5.66. The first-order valence-corrected chi connectivity index (χ1v) is 10.1. The molecule has 8 nitrogen and oxygen atoms in total. The van der Waals surface area contributed by atoms with E-state index in [-0.39, 0.29) is 34.3 Å². The van der Waals surface area contributed by atoms with Crippen molar-refractivity contribution >= 4 is 16.2 Å². The molecule has 0 saturated carbocycles. The van der Waals surface area contributed by atoms with Gasteiger partial charge in [0.25, 0.3) is 0 Å². The zero-order chi connectivity index (χ0) is 22.4. The molecule has 0 fully saturated rings. The number of benzene rings is 2. The molecule has 0 aliphatic heterocycles. The molecular weight excluding hydrogens is 431 g/mol. The molecular formula is C18H18F3NO7S. The number of para-hydroxylation sites is 1. The minimum absolute atomic E-state index is 0.0306. The van der Waals surface area contributed by atoms with Crippen LogP contribution in [0.5, 0.6) is 17.2 Å². The van der Waals surface area contributed by atoms with Crippen LogP contribution in [0.1, 0.15) is 6.42 Å². The lowest BCUT2D eigenvalue weighted by Crippen LogP contribution is -2.37. The van der Waals surface area contributed by atoms with Gasteiger partial charge in [0.15, 0.2) is 9.84 Å². The van der Waals surface area contributed by atoms with Crippen molar-refractivity contribution in [2.45, 2.75) is 23.7 Å². The molecule has 12 heteroatoms.